The third-order valence-electron chi connectivity index (χ3n) is 4.47. The summed E-state index contributed by atoms with van der Waals surface area (Å²) < 4.78 is 5.34. The number of aromatic nitrogens is 1. The first-order chi connectivity index (χ1) is 10.8. The molecule has 0 spiro atoms. The molecule has 0 aliphatic carbocycles. The van der Waals surface area contributed by atoms with Gasteiger partial charge >= 0.3 is 0 Å². The van der Waals surface area contributed by atoms with E-state index in [1.165, 1.54) is 24.8 Å². The quantitative estimate of drug-likeness (QED) is 0.917. The van der Waals surface area contributed by atoms with Crippen molar-refractivity contribution < 1.29 is 9.52 Å². The van der Waals surface area contributed by atoms with Gasteiger partial charge in [-0.1, -0.05) is 18.9 Å². The Morgan fingerprint density at radius 1 is 1.27 bits per heavy atom. The summed E-state index contributed by atoms with van der Waals surface area (Å²) in [5, 5.41) is 10.4. The van der Waals surface area contributed by atoms with Crippen LogP contribution in [0.5, 0.6) is 0 Å². The number of aliphatic hydroxyl groups is 1. The third kappa shape index (κ3) is 3.96. The molecule has 3 rings (SSSR count). The van der Waals surface area contributed by atoms with E-state index in [9.17, 15) is 5.11 Å². The van der Waals surface area contributed by atoms with Gasteiger partial charge in [0.05, 0.1) is 6.26 Å². The minimum Gasteiger partial charge on any atom is -0.467 e. The minimum atomic E-state index is -0.519. The van der Waals surface area contributed by atoms with E-state index in [0.29, 0.717) is 11.8 Å². The van der Waals surface area contributed by atoms with Gasteiger partial charge in [0.15, 0.2) is 0 Å². The van der Waals surface area contributed by atoms with Crippen molar-refractivity contribution in [3.8, 4) is 0 Å². The van der Waals surface area contributed by atoms with E-state index >= 15 is 0 Å². The van der Waals surface area contributed by atoms with E-state index in [4.69, 9.17) is 4.42 Å². The molecule has 1 saturated heterocycles. The maximum atomic E-state index is 10.4. The molecule has 1 fully saturated rings. The Labute approximate surface area is 131 Å². The number of likely N-dealkylation sites (tertiary alicyclic amines) is 1. The van der Waals surface area contributed by atoms with E-state index in [1.807, 2.05) is 30.6 Å². The molecule has 1 aliphatic heterocycles. The Kier molecular flexibility index (Phi) is 5.24. The maximum Gasteiger partial charge on any atom is 0.132 e. The normalized spacial score (nSPS) is 21.4. The largest absolute Gasteiger partial charge is 0.467 e. The van der Waals surface area contributed by atoms with Crippen LogP contribution in [0.25, 0.3) is 0 Å². The first kappa shape index (κ1) is 15.3. The highest BCUT2D eigenvalue weighted by molar-refractivity contribution is 5.09. The van der Waals surface area contributed by atoms with Crippen molar-refractivity contribution in [1.29, 1.82) is 0 Å². The standard InChI is InChI=1S/C18H24N2O2/c21-17(18-8-5-11-22-18)12-16-7-2-1-3-10-20(16)14-15-6-4-9-19-13-15/h4-6,8-9,11,13,16-17,21H,1-3,7,10,12,14H2/t16-,17-/m0/s1. The Bertz CT molecular complexity index is 541. The average molecular weight is 300 g/mol. The molecule has 4 nitrogen and oxygen atoms in total. The second-order valence-electron chi connectivity index (χ2n) is 6.10. The van der Waals surface area contributed by atoms with Gasteiger partial charge in [-0.2, -0.15) is 0 Å². The van der Waals surface area contributed by atoms with Crippen molar-refractivity contribution in [1.82, 2.24) is 9.88 Å². The van der Waals surface area contributed by atoms with Gasteiger partial charge in [-0.05, 0) is 49.6 Å². The summed E-state index contributed by atoms with van der Waals surface area (Å²) in [6.07, 6.45) is 10.5. The Morgan fingerprint density at radius 3 is 3.00 bits per heavy atom. The maximum absolute atomic E-state index is 10.4. The predicted octanol–water partition coefficient (Wildman–Crippen LogP) is 3.54. The third-order valence-corrected chi connectivity index (χ3v) is 4.47. The molecule has 2 aromatic heterocycles. The van der Waals surface area contributed by atoms with E-state index in [-0.39, 0.29) is 0 Å². The lowest BCUT2D eigenvalue weighted by Crippen LogP contribution is -2.35. The smallest absolute Gasteiger partial charge is 0.132 e. The second-order valence-corrected chi connectivity index (χ2v) is 6.10. The molecule has 22 heavy (non-hydrogen) atoms. The molecular weight excluding hydrogens is 276 g/mol. The van der Waals surface area contributed by atoms with Gasteiger partial charge in [0.2, 0.25) is 0 Å². The first-order valence-electron chi connectivity index (χ1n) is 8.17. The van der Waals surface area contributed by atoms with Crippen LogP contribution in [0.15, 0.2) is 47.3 Å². The van der Waals surface area contributed by atoms with Crippen LogP contribution < -0.4 is 0 Å². The molecule has 3 heterocycles. The lowest BCUT2D eigenvalue weighted by Gasteiger charge is -2.31. The van der Waals surface area contributed by atoms with Crippen LogP contribution in [-0.2, 0) is 6.54 Å². The molecule has 1 N–H and O–H groups in total. The van der Waals surface area contributed by atoms with Crippen LogP contribution in [0.3, 0.4) is 0 Å². The second kappa shape index (κ2) is 7.56. The first-order valence-corrected chi connectivity index (χ1v) is 8.17. The fourth-order valence-corrected chi connectivity index (χ4v) is 3.29. The summed E-state index contributed by atoms with van der Waals surface area (Å²) in [5.74, 6) is 0.672. The molecule has 0 unspecified atom stereocenters. The summed E-state index contributed by atoms with van der Waals surface area (Å²) in [5.41, 5.74) is 1.24. The number of rotatable bonds is 5. The summed E-state index contributed by atoms with van der Waals surface area (Å²) >= 11 is 0. The lowest BCUT2D eigenvalue weighted by molar-refractivity contribution is 0.0830. The number of hydrogen-bond donors (Lipinski definition) is 1. The van der Waals surface area contributed by atoms with E-state index in [2.05, 4.69) is 16.0 Å². The molecule has 0 bridgehead atoms. The molecule has 4 heteroatoms. The molecular formula is C18H24N2O2. The van der Waals surface area contributed by atoms with Gasteiger partial charge < -0.3 is 9.52 Å². The number of nitrogens with zero attached hydrogens (tertiary/aromatic N) is 2. The Morgan fingerprint density at radius 2 is 2.23 bits per heavy atom. The zero-order chi connectivity index (χ0) is 15.2. The van der Waals surface area contributed by atoms with Crippen molar-refractivity contribution in [2.75, 3.05) is 6.54 Å². The van der Waals surface area contributed by atoms with Crippen molar-refractivity contribution in [2.45, 2.75) is 50.8 Å². The van der Waals surface area contributed by atoms with E-state index < -0.39 is 6.10 Å². The molecule has 0 saturated carbocycles. The van der Waals surface area contributed by atoms with E-state index in [1.54, 1.807) is 6.26 Å². The summed E-state index contributed by atoms with van der Waals surface area (Å²) in [4.78, 5) is 6.71. The van der Waals surface area contributed by atoms with Crippen LogP contribution in [0.2, 0.25) is 0 Å². The van der Waals surface area contributed by atoms with Gasteiger partial charge in [0.1, 0.15) is 11.9 Å². The highest BCUT2D eigenvalue weighted by atomic mass is 16.4. The van der Waals surface area contributed by atoms with E-state index in [0.717, 1.165) is 25.9 Å². The zero-order valence-electron chi connectivity index (χ0n) is 12.9. The topological polar surface area (TPSA) is 49.5 Å². The molecule has 118 valence electrons. The van der Waals surface area contributed by atoms with Crippen LogP contribution in [0.1, 0.15) is 49.5 Å². The predicted molar refractivity (Wildman–Crippen MR) is 85.2 cm³/mol. The number of hydrogen-bond acceptors (Lipinski definition) is 4. The molecule has 2 aromatic rings. The SMILES string of the molecule is O[C@@H](C[C@@H]1CCCCCN1Cc1cccnc1)c1ccco1. The van der Waals surface area contributed by atoms with Crippen LogP contribution in [0, 0.1) is 0 Å². The van der Waals surface area contributed by atoms with Gasteiger partial charge in [0, 0.05) is 25.0 Å². The van der Waals surface area contributed by atoms with Crippen molar-refractivity contribution in [2.24, 2.45) is 0 Å². The van der Waals surface area contributed by atoms with Gasteiger partial charge in [0.25, 0.3) is 0 Å². The minimum absolute atomic E-state index is 0.391. The van der Waals surface area contributed by atoms with Crippen LogP contribution in [-0.4, -0.2) is 27.6 Å². The molecule has 0 amide bonds. The molecule has 1 aliphatic rings. The number of furan rings is 1. The number of aliphatic hydroxyl groups excluding tert-OH is 1. The molecule has 0 aromatic carbocycles. The average Bonchev–Trinajstić information content (AvgIpc) is 3.00. The van der Waals surface area contributed by atoms with Crippen LogP contribution >= 0.6 is 0 Å². The fraction of sp³-hybridized carbons (Fsp3) is 0.500. The zero-order valence-corrected chi connectivity index (χ0v) is 12.9. The Balaban J connectivity index is 1.67. The highest BCUT2D eigenvalue weighted by Crippen LogP contribution is 2.27. The monoisotopic (exact) mass is 300 g/mol. The molecule has 0 radical (unpaired) electrons. The summed E-state index contributed by atoms with van der Waals surface area (Å²) in [6.45, 7) is 1.99. The Hall–Kier alpha value is -1.65. The number of pyridine rings is 1. The van der Waals surface area contributed by atoms with Crippen molar-refractivity contribution >= 4 is 0 Å². The van der Waals surface area contributed by atoms with Gasteiger partial charge in [-0.3, -0.25) is 9.88 Å². The van der Waals surface area contributed by atoms with Crippen LogP contribution in [0.4, 0.5) is 0 Å². The van der Waals surface area contributed by atoms with Crippen molar-refractivity contribution in [3.63, 3.8) is 0 Å². The molecule has 2 atom stereocenters. The van der Waals surface area contributed by atoms with Crippen molar-refractivity contribution in [3.05, 3.63) is 54.2 Å². The fourth-order valence-electron chi connectivity index (χ4n) is 3.29. The summed E-state index contributed by atoms with van der Waals surface area (Å²) in [6, 6.07) is 8.19. The van der Waals surface area contributed by atoms with Gasteiger partial charge in [-0.25, -0.2) is 0 Å². The highest BCUT2D eigenvalue weighted by Gasteiger charge is 2.25. The van der Waals surface area contributed by atoms with Gasteiger partial charge in [-0.15, -0.1) is 0 Å². The lowest BCUT2D eigenvalue weighted by atomic mass is 10.0. The summed E-state index contributed by atoms with van der Waals surface area (Å²) in [7, 11) is 0.